The molecule has 4 rings (SSSR count). The summed E-state index contributed by atoms with van der Waals surface area (Å²) in [7, 11) is 0. The highest BCUT2D eigenvalue weighted by Crippen LogP contribution is 2.23. The van der Waals surface area contributed by atoms with Gasteiger partial charge in [-0.15, -0.1) is 0 Å². The number of nitrogens with zero attached hydrogens (tertiary/aromatic N) is 1. The number of fused-ring (bicyclic) bond motifs is 1. The highest BCUT2D eigenvalue weighted by molar-refractivity contribution is 6.31. The van der Waals surface area contributed by atoms with Crippen LogP contribution in [0.25, 0.3) is 11.0 Å². The maximum atomic E-state index is 12.3. The molecular formula is C24H17ClN2O5. The molecule has 32 heavy (non-hydrogen) atoms. The topological polar surface area (TPSA) is 101 Å². The van der Waals surface area contributed by atoms with Gasteiger partial charge in [0.15, 0.2) is 5.76 Å². The minimum absolute atomic E-state index is 0.119. The molecule has 0 fully saturated rings. The number of furan rings is 1. The van der Waals surface area contributed by atoms with Crippen LogP contribution in [0.4, 0.5) is 0 Å². The molecule has 8 heteroatoms. The highest BCUT2D eigenvalue weighted by Gasteiger charge is 2.12. The Hall–Kier alpha value is -4.10. The second kappa shape index (κ2) is 9.36. The van der Waals surface area contributed by atoms with E-state index in [0.717, 1.165) is 10.9 Å². The average Bonchev–Trinajstić information content (AvgIpc) is 3.22. The summed E-state index contributed by atoms with van der Waals surface area (Å²) in [6.07, 6.45) is 1.47. The smallest absolute Gasteiger partial charge is 0.335 e. The van der Waals surface area contributed by atoms with E-state index in [9.17, 15) is 9.59 Å². The number of carboxylic acids is 1. The maximum absolute atomic E-state index is 12.3. The summed E-state index contributed by atoms with van der Waals surface area (Å²) in [6, 6.07) is 20.3. The van der Waals surface area contributed by atoms with Crippen LogP contribution in [0.15, 0.2) is 82.3 Å². The molecule has 2 N–H and O–H groups in total. The Bertz CT molecular complexity index is 1310. The minimum Gasteiger partial charge on any atom is -0.488 e. The van der Waals surface area contributed by atoms with Gasteiger partial charge in [-0.05, 0) is 54.1 Å². The van der Waals surface area contributed by atoms with E-state index >= 15 is 0 Å². The molecule has 1 aromatic heterocycles. The van der Waals surface area contributed by atoms with Crippen LogP contribution in [0.5, 0.6) is 5.75 Å². The van der Waals surface area contributed by atoms with E-state index < -0.39 is 11.9 Å². The number of ether oxygens (including phenoxy) is 1. The van der Waals surface area contributed by atoms with E-state index in [2.05, 4.69) is 10.5 Å². The number of aromatic carboxylic acids is 1. The summed E-state index contributed by atoms with van der Waals surface area (Å²) in [5.74, 6) is -0.794. The van der Waals surface area contributed by atoms with Crippen LogP contribution in [0.1, 0.15) is 32.0 Å². The number of hydrogen-bond acceptors (Lipinski definition) is 5. The number of rotatable bonds is 7. The summed E-state index contributed by atoms with van der Waals surface area (Å²) in [4.78, 5) is 23.3. The lowest BCUT2D eigenvalue weighted by atomic mass is 10.1. The molecule has 7 nitrogen and oxygen atoms in total. The fourth-order valence-corrected chi connectivity index (χ4v) is 3.15. The molecule has 1 amide bonds. The van der Waals surface area contributed by atoms with E-state index in [-0.39, 0.29) is 17.9 Å². The number of carboxylic acid groups (broad SMARTS) is 1. The van der Waals surface area contributed by atoms with Gasteiger partial charge in [0.2, 0.25) is 0 Å². The zero-order valence-corrected chi connectivity index (χ0v) is 17.4. The standard InChI is InChI=1S/C24H17ClN2O5/c25-19-9-10-21-18(11-19)12-22(32-21)23(28)27-26-13-17-3-1-2-4-20(17)31-14-15-5-7-16(8-6-15)24(29)30/h1-13H,14H2,(H,27,28)(H,29,30)/b26-13-. The van der Waals surface area contributed by atoms with E-state index in [1.807, 2.05) is 12.1 Å². The number of benzene rings is 3. The van der Waals surface area contributed by atoms with Crippen molar-refractivity contribution >= 4 is 40.7 Å². The van der Waals surface area contributed by atoms with Crippen molar-refractivity contribution < 1.29 is 23.8 Å². The first-order valence-electron chi connectivity index (χ1n) is 9.56. The van der Waals surface area contributed by atoms with Gasteiger partial charge in [0.25, 0.3) is 0 Å². The fraction of sp³-hybridized carbons (Fsp3) is 0.0417. The predicted octanol–water partition coefficient (Wildman–Crippen LogP) is 5.13. The van der Waals surface area contributed by atoms with Gasteiger partial charge in [-0.2, -0.15) is 5.10 Å². The minimum atomic E-state index is -0.979. The second-order valence-corrected chi connectivity index (χ2v) is 7.26. The molecule has 0 radical (unpaired) electrons. The van der Waals surface area contributed by atoms with Crippen LogP contribution in [0.3, 0.4) is 0 Å². The van der Waals surface area contributed by atoms with Gasteiger partial charge in [-0.3, -0.25) is 4.79 Å². The van der Waals surface area contributed by atoms with Gasteiger partial charge in [-0.1, -0.05) is 35.9 Å². The maximum Gasteiger partial charge on any atom is 0.335 e. The molecule has 160 valence electrons. The van der Waals surface area contributed by atoms with Crippen molar-refractivity contribution in [3.05, 3.63) is 100 Å². The van der Waals surface area contributed by atoms with Crippen molar-refractivity contribution in [1.82, 2.24) is 5.43 Å². The third-order valence-electron chi connectivity index (χ3n) is 4.59. The van der Waals surface area contributed by atoms with Gasteiger partial charge in [0, 0.05) is 16.0 Å². The molecule has 4 aromatic rings. The van der Waals surface area contributed by atoms with Crippen LogP contribution in [0, 0.1) is 0 Å². The Kier molecular flexibility index (Phi) is 6.19. The number of hydrogen-bond donors (Lipinski definition) is 2. The van der Waals surface area contributed by atoms with Crippen LogP contribution < -0.4 is 10.2 Å². The highest BCUT2D eigenvalue weighted by atomic mass is 35.5. The SMILES string of the molecule is O=C(O)c1ccc(COc2ccccc2/C=N\NC(=O)c2cc3cc(Cl)ccc3o2)cc1. The zero-order chi connectivity index (χ0) is 22.5. The van der Waals surface area contributed by atoms with Crippen molar-refractivity contribution in [3.8, 4) is 5.75 Å². The number of halogens is 1. The summed E-state index contributed by atoms with van der Waals surface area (Å²) in [6.45, 7) is 0.249. The van der Waals surface area contributed by atoms with Gasteiger partial charge in [-0.25, -0.2) is 10.2 Å². The van der Waals surface area contributed by atoms with E-state index in [0.29, 0.717) is 21.9 Å². The first-order valence-corrected chi connectivity index (χ1v) is 9.94. The van der Waals surface area contributed by atoms with Crippen molar-refractivity contribution in [2.45, 2.75) is 6.61 Å². The molecule has 0 aliphatic rings. The van der Waals surface area contributed by atoms with E-state index in [1.165, 1.54) is 18.3 Å². The molecule has 1 heterocycles. The van der Waals surface area contributed by atoms with Crippen LogP contribution in [0.2, 0.25) is 5.02 Å². The van der Waals surface area contributed by atoms with Crippen molar-refractivity contribution in [2.24, 2.45) is 5.10 Å². The van der Waals surface area contributed by atoms with Gasteiger partial charge < -0.3 is 14.3 Å². The van der Waals surface area contributed by atoms with Gasteiger partial charge >= 0.3 is 11.9 Å². The Morgan fingerprint density at radius 2 is 1.84 bits per heavy atom. The summed E-state index contributed by atoms with van der Waals surface area (Å²) >= 11 is 5.96. The third-order valence-corrected chi connectivity index (χ3v) is 4.82. The van der Waals surface area contributed by atoms with Crippen LogP contribution >= 0.6 is 11.6 Å². The molecule has 0 atom stereocenters. The van der Waals surface area contributed by atoms with Crippen LogP contribution in [-0.4, -0.2) is 23.2 Å². The van der Waals surface area contributed by atoms with E-state index in [1.54, 1.807) is 48.5 Å². The number of carbonyl (C=O) groups is 2. The fourth-order valence-electron chi connectivity index (χ4n) is 2.96. The molecule has 0 spiro atoms. The number of para-hydroxylation sites is 1. The zero-order valence-electron chi connectivity index (χ0n) is 16.6. The van der Waals surface area contributed by atoms with Gasteiger partial charge in [0.1, 0.15) is 17.9 Å². The normalized spacial score (nSPS) is 11.0. The molecule has 0 aliphatic heterocycles. The number of carbonyl (C=O) groups excluding carboxylic acids is 1. The Morgan fingerprint density at radius 3 is 2.62 bits per heavy atom. The Balaban J connectivity index is 1.40. The number of amides is 1. The van der Waals surface area contributed by atoms with Crippen molar-refractivity contribution in [2.75, 3.05) is 0 Å². The molecule has 0 aliphatic carbocycles. The summed E-state index contributed by atoms with van der Waals surface area (Å²) in [5.41, 5.74) is 4.68. The average molecular weight is 449 g/mol. The molecule has 0 unspecified atom stereocenters. The molecule has 0 bridgehead atoms. The number of hydrazone groups is 1. The summed E-state index contributed by atoms with van der Waals surface area (Å²) < 4.78 is 11.4. The lowest BCUT2D eigenvalue weighted by Crippen LogP contribution is -2.16. The Labute approximate surface area is 187 Å². The van der Waals surface area contributed by atoms with E-state index in [4.69, 9.17) is 25.9 Å². The quantitative estimate of drug-likeness (QED) is 0.301. The van der Waals surface area contributed by atoms with Gasteiger partial charge in [0.05, 0.1) is 11.8 Å². The molecular weight excluding hydrogens is 432 g/mol. The lowest BCUT2D eigenvalue weighted by Gasteiger charge is -2.09. The molecule has 3 aromatic carbocycles. The van der Waals surface area contributed by atoms with Crippen molar-refractivity contribution in [1.29, 1.82) is 0 Å². The van der Waals surface area contributed by atoms with Crippen LogP contribution in [-0.2, 0) is 6.61 Å². The largest absolute Gasteiger partial charge is 0.488 e. The molecule has 0 saturated carbocycles. The second-order valence-electron chi connectivity index (χ2n) is 6.82. The molecule has 0 saturated heterocycles. The predicted molar refractivity (Wildman–Crippen MR) is 120 cm³/mol. The first kappa shape index (κ1) is 21.1. The lowest BCUT2D eigenvalue weighted by molar-refractivity contribution is 0.0696. The summed E-state index contributed by atoms with van der Waals surface area (Å²) in [5, 5.41) is 14.2. The first-order chi connectivity index (χ1) is 15.5. The third kappa shape index (κ3) is 4.96. The monoisotopic (exact) mass is 448 g/mol. The Morgan fingerprint density at radius 1 is 1.06 bits per heavy atom. The van der Waals surface area contributed by atoms with Crippen molar-refractivity contribution in [3.63, 3.8) is 0 Å². The number of nitrogens with one attached hydrogen (secondary N) is 1.